The first kappa shape index (κ1) is 15.0. The molecule has 2 amide bonds. The molecule has 1 atom stereocenters. The summed E-state index contributed by atoms with van der Waals surface area (Å²) in [6, 6.07) is 7.34. The van der Waals surface area contributed by atoms with E-state index in [2.05, 4.69) is 15.8 Å². The van der Waals surface area contributed by atoms with Crippen LogP contribution in [0.1, 0.15) is 32.8 Å². The molecule has 0 fully saturated rings. The minimum absolute atomic E-state index is 0.0714. The number of hydrogen-bond donors (Lipinski definition) is 2. The summed E-state index contributed by atoms with van der Waals surface area (Å²) < 4.78 is 0. The van der Waals surface area contributed by atoms with Crippen molar-refractivity contribution < 1.29 is 14.4 Å². The molecule has 0 saturated heterocycles. The molecular weight excluding hydrogens is 270 g/mol. The van der Waals surface area contributed by atoms with Crippen LogP contribution in [0.2, 0.25) is 0 Å². The lowest BCUT2D eigenvalue weighted by Gasteiger charge is -2.11. The molecule has 1 heterocycles. The quantitative estimate of drug-likeness (QED) is 0.884. The number of carbonyl (C=O) groups is 2. The Morgan fingerprint density at radius 1 is 1.29 bits per heavy atom. The highest BCUT2D eigenvalue weighted by Gasteiger charge is 2.28. The zero-order chi connectivity index (χ0) is 15.4. The van der Waals surface area contributed by atoms with Crippen molar-refractivity contribution in [3.8, 4) is 0 Å². The van der Waals surface area contributed by atoms with Crippen LogP contribution in [0.5, 0.6) is 0 Å². The van der Waals surface area contributed by atoms with E-state index in [1.54, 1.807) is 12.1 Å². The molecule has 2 N–H and O–H groups in total. The third-order valence-corrected chi connectivity index (χ3v) is 2.93. The number of carbonyl (C=O) groups excluding carboxylic acids is 2. The van der Waals surface area contributed by atoms with Crippen LogP contribution in [0.25, 0.3) is 0 Å². The second kappa shape index (κ2) is 6.39. The van der Waals surface area contributed by atoms with Gasteiger partial charge in [0.1, 0.15) is 0 Å². The molecule has 1 aromatic rings. The van der Waals surface area contributed by atoms with Crippen LogP contribution < -0.4 is 10.6 Å². The molecule has 112 valence electrons. The maximum absolute atomic E-state index is 11.9. The van der Waals surface area contributed by atoms with E-state index in [1.807, 2.05) is 26.0 Å². The van der Waals surface area contributed by atoms with Gasteiger partial charge in [-0.25, -0.2) is 0 Å². The first-order valence-corrected chi connectivity index (χ1v) is 6.87. The van der Waals surface area contributed by atoms with Gasteiger partial charge in [0.15, 0.2) is 0 Å². The highest BCUT2D eigenvalue weighted by molar-refractivity contribution is 6.04. The average Bonchev–Trinajstić information content (AvgIpc) is 2.87. The SMILES string of the molecule is CC(=O)Nc1ccc(C2=NOC(C(=O)NC(C)C)C2)cc1. The lowest BCUT2D eigenvalue weighted by Crippen LogP contribution is -2.38. The lowest BCUT2D eigenvalue weighted by molar-refractivity contribution is -0.131. The van der Waals surface area contributed by atoms with Crippen LogP contribution in [-0.2, 0) is 14.4 Å². The largest absolute Gasteiger partial charge is 0.382 e. The van der Waals surface area contributed by atoms with Gasteiger partial charge in [0.25, 0.3) is 5.91 Å². The van der Waals surface area contributed by atoms with E-state index in [4.69, 9.17) is 4.84 Å². The van der Waals surface area contributed by atoms with E-state index in [0.717, 1.165) is 17.0 Å². The molecule has 0 bridgehead atoms. The van der Waals surface area contributed by atoms with Gasteiger partial charge in [0, 0.05) is 25.1 Å². The first-order chi connectivity index (χ1) is 9.95. The van der Waals surface area contributed by atoms with Crippen molar-refractivity contribution in [2.45, 2.75) is 39.3 Å². The molecule has 0 aromatic heterocycles. The van der Waals surface area contributed by atoms with E-state index in [9.17, 15) is 9.59 Å². The summed E-state index contributed by atoms with van der Waals surface area (Å²) in [5, 5.41) is 9.47. The van der Waals surface area contributed by atoms with Gasteiger partial charge in [0.2, 0.25) is 12.0 Å². The summed E-state index contributed by atoms with van der Waals surface area (Å²) in [7, 11) is 0. The number of oxime groups is 1. The second-order valence-electron chi connectivity index (χ2n) is 5.26. The van der Waals surface area contributed by atoms with Crippen LogP contribution >= 0.6 is 0 Å². The van der Waals surface area contributed by atoms with Crippen LogP contribution in [0.3, 0.4) is 0 Å². The lowest BCUT2D eigenvalue weighted by atomic mass is 10.0. The number of amides is 2. The summed E-state index contributed by atoms with van der Waals surface area (Å²) in [6.45, 7) is 5.26. The summed E-state index contributed by atoms with van der Waals surface area (Å²) in [6.07, 6.45) is -0.129. The highest BCUT2D eigenvalue weighted by atomic mass is 16.6. The molecule has 21 heavy (non-hydrogen) atoms. The van der Waals surface area contributed by atoms with Gasteiger partial charge in [-0.05, 0) is 31.5 Å². The van der Waals surface area contributed by atoms with Crippen LogP contribution in [0.15, 0.2) is 29.4 Å². The van der Waals surface area contributed by atoms with E-state index < -0.39 is 6.10 Å². The Morgan fingerprint density at radius 3 is 2.52 bits per heavy atom. The van der Waals surface area contributed by atoms with Crippen molar-refractivity contribution in [1.82, 2.24) is 5.32 Å². The van der Waals surface area contributed by atoms with Crippen LogP contribution in [0, 0.1) is 0 Å². The minimum Gasteiger partial charge on any atom is -0.382 e. The monoisotopic (exact) mass is 289 g/mol. The smallest absolute Gasteiger partial charge is 0.264 e. The topological polar surface area (TPSA) is 79.8 Å². The Labute approximate surface area is 123 Å². The Kier molecular flexibility index (Phi) is 4.57. The maximum atomic E-state index is 11.9. The number of rotatable bonds is 4. The van der Waals surface area contributed by atoms with Crippen molar-refractivity contribution in [3.63, 3.8) is 0 Å². The Bertz CT molecular complexity index is 564. The Morgan fingerprint density at radius 2 is 1.95 bits per heavy atom. The predicted molar refractivity (Wildman–Crippen MR) is 80.1 cm³/mol. The zero-order valence-electron chi connectivity index (χ0n) is 12.3. The molecule has 1 unspecified atom stereocenters. The molecule has 0 saturated carbocycles. The Hall–Kier alpha value is -2.37. The average molecular weight is 289 g/mol. The van der Waals surface area contributed by atoms with Gasteiger partial charge in [-0.3, -0.25) is 9.59 Å². The van der Waals surface area contributed by atoms with Crippen molar-refractivity contribution in [2.24, 2.45) is 5.16 Å². The standard InChI is InChI=1S/C15H19N3O3/c1-9(2)16-15(20)14-8-13(18-21-14)11-4-6-12(7-5-11)17-10(3)19/h4-7,9,14H,8H2,1-3H3,(H,16,20)(H,17,19). The van der Waals surface area contributed by atoms with Crippen molar-refractivity contribution in [2.75, 3.05) is 5.32 Å². The van der Waals surface area contributed by atoms with Gasteiger partial charge in [-0.15, -0.1) is 0 Å². The van der Waals surface area contributed by atoms with E-state index >= 15 is 0 Å². The van der Waals surface area contributed by atoms with Gasteiger partial charge in [-0.1, -0.05) is 17.3 Å². The van der Waals surface area contributed by atoms with Crippen LogP contribution in [0.4, 0.5) is 5.69 Å². The van der Waals surface area contributed by atoms with E-state index in [0.29, 0.717) is 6.42 Å². The fourth-order valence-electron chi connectivity index (χ4n) is 2.02. The van der Waals surface area contributed by atoms with Gasteiger partial charge in [-0.2, -0.15) is 0 Å². The Balaban J connectivity index is 1.98. The molecule has 1 aliphatic heterocycles. The van der Waals surface area contributed by atoms with Gasteiger partial charge < -0.3 is 15.5 Å². The van der Waals surface area contributed by atoms with Gasteiger partial charge in [0.05, 0.1) is 5.71 Å². The van der Waals surface area contributed by atoms with Gasteiger partial charge >= 0.3 is 0 Å². The summed E-state index contributed by atoms with van der Waals surface area (Å²) in [5.74, 6) is -0.270. The zero-order valence-corrected chi connectivity index (χ0v) is 12.3. The fourth-order valence-corrected chi connectivity index (χ4v) is 2.02. The molecular formula is C15H19N3O3. The molecule has 2 rings (SSSR count). The number of nitrogens with one attached hydrogen (secondary N) is 2. The summed E-state index contributed by atoms with van der Waals surface area (Å²) >= 11 is 0. The molecule has 6 nitrogen and oxygen atoms in total. The third-order valence-electron chi connectivity index (χ3n) is 2.93. The molecule has 0 aliphatic carbocycles. The first-order valence-electron chi connectivity index (χ1n) is 6.87. The minimum atomic E-state index is -0.572. The van der Waals surface area contributed by atoms with Crippen molar-refractivity contribution in [1.29, 1.82) is 0 Å². The molecule has 0 spiro atoms. The maximum Gasteiger partial charge on any atom is 0.264 e. The summed E-state index contributed by atoms with van der Waals surface area (Å²) in [5.41, 5.74) is 2.33. The number of anilines is 1. The molecule has 6 heteroatoms. The molecule has 1 aromatic carbocycles. The van der Waals surface area contributed by atoms with E-state index in [-0.39, 0.29) is 17.9 Å². The number of nitrogens with zero attached hydrogens (tertiary/aromatic N) is 1. The fraction of sp³-hybridized carbons (Fsp3) is 0.400. The third kappa shape index (κ3) is 4.05. The predicted octanol–water partition coefficient (Wildman–Crippen LogP) is 1.66. The van der Waals surface area contributed by atoms with Crippen molar-refractivity contribution in [3.05, 3.63) is 29.8 Å². The number of benzene rings is 1. The second-order valence-corrected chi connectivity index (χ2v) is 5.26. The highest BCUT2D eigenvalue weighted by Crippen LogP contribution is 2.18. The van der Waals surface area contributed by atoms with E-state index in [1.165, 1.54) is 6.92 Å². The summed E-state index contributed by atoms with van der Waals surface area (Å²) in [4.78, 5) is 28.0. The molecule has 1 aliphatic rings. The normalized spacial score (nSPS) is 17.1. The van der Waals surface area contributed by atoms with Crippen LogP contribution in [-0.4, -0.2) is 29.7 Å². The number of hydrogen-bond acceptors (Lipinski definition) is 4. The molecule has 0 radical (unpaired) electrons. The van der Waals surface area contributed by atoms with Crippen molar-refractivity contribution >= 4 is 23.2 Å².